The van der Waals surface area contributed by atoms with Crippen molar-refractivity contribution in [1.29, 1.82) is 0 Å². The number of hydrogen-bond donors (Lipinski definition) is 1. The van der Waals surface area contributed by atoms with Crippen molar-refractivity contribution in [2.75, 3.05) is 13.7 Å². The molecule has 0 aromatic heterocycles. The van der Waals surface area contributed by atoms with Gasteiger partial charge in [0, 0.05) is 20.1 Å². The van der Waals surface area contributed by atoms with Crippen LogP contribution in [0.1, 0.15) is 32.1 Å². The molecule has 0 spiro atoms. The molecule has 0 amide bonds. The van der Waals surface area contributed by atoms with E-state index in [0.29, 0.717) is 0 Å². The molecule has 0 aromatic rings. The highest BCUT2D eigenvalue weighted by Gasteiger charge is 2.10. The molecule has 1 aliphatic rings. The molecule has 1 heterocycles. The number of hydroxylamine groups is 1. The fourth-order valence-electron chi connectivity index (χ4n) is 1.29. The lowest BCUT2D eigenvalue weighted by molar-refractivity contribution is -0.181. The van der Waals surface area contributed by atoms with Crippen molar-refractivity contribution in [3.05, 3.63) is 0 Å². The molecule has 1 saturated heterocycles. The van der Waals surface area contributed by atoms with Crippen LogP contribution in [0.15, 0.2) is 0 Å². The van der Waals surface area contributed by atoms with Gasteiger partial charge in [-0.15, -0.1) is 0 Å². The second kappa shape index (κ2) is 5.52. The fourth-order valence-corrected chi connectivity index (χ4v) is 1.29. The van der Waals surface area contributed by atoms with Crippen LogP contribution in [0.25, 0.3) is 0 Å². The van der Waals surface area contributed by atoms with E-state index in [1.165, 1.54) is 25.7 Å². The first kappa shape index (κ1) is 8.97. The van der Waals surface area contributed by atoms with Gasteiger partial charge in [0.2, 0.25) is 0 Å². The Morgan fingerprint density at radius 2 is 2.09 bits per heavy atom. The SMILES string of the molecule is CNOC1CCCCCCO1. The Morgan fingerprint density at radius 3 is 2.91 bits per heavy atom. The average molecular weight is 159 g/mol. The first-order valence-corrected chi connectivity index (χ1v) is 4.37. The Kier molecular flexibility index (Phi) is 4.50. The maximum Gasteiger partial charge on any atom is 0.177 e. The molecule has 1 aliphatic heterocycles. The monoisotopic (exact) mass is 159 g/mol. The lowest BCUT2D eigenvalue weighted by Gasteiger charge is -2.19. The summed E-state index contributed by atoms with van der Waals surface area (Å²) in [5, 5.41) is 0. The number of rotatable bonds is 2. The second-order valence-electron chi connectivity index (χ2n) is 2.83. The molecule has 1 unspecified atom stereocenters. The summed E-state index contributed by atoms with van der Waals surface area (Å²) < 4.78 is 5.44. The summed E-state index contributed by atoms with van der Waals surface area (Å²) in [7, 11) is 1.77. The summed E-state index contributed by atoms with van der Waals surface area (Å²) in [6, 6.07) is 0. The molecule has 1 N–H and O–H groups in total. The van der Waals surface area contributed by atoms with Crippen molar-refractivity contribution in [3.63, 3.8) is 0 Å². The van der Waals surface area contributed by atoms with Crippen LogP contribution < -0.4 is 5.48 Å². The Morgan fingerprint density at radius 1 is 1.27 bits per heavy atom. The molecule has 0 aromatic carbocycles. The Labute approximate surface area is 68.0 Å². The van der Waals surface area contributed by atoms with Crippen LogP contribution >= 0.6 is 0 Å². The van der Waals surface area contributed by atoms with Gasteiger partial charge >= 0.3 is 0 Å². The third-order valence-electron chi connectivity index (χ3n) is 1.89. The highest BCUT2D eigenvalue weighted by atomic mass is 16.8. The first-order chi connectivity index (χ1) is 5.43. The van der Waals surface area contributed by atoms with E-state index < -0.39 is 0 Å². The topological polar surface area (TPSA) is 30.5 Å². The summed E-state index contributed by atoms with van der Waals surface area (Å²) in [6.45, 7) is 0.840. The van der Waals surface area contributed by atoms with E-state index in [1.54, 1.807) is 7.05 Å². The van der Waals surface area contributed by atoms with E-state index in [4.69, 9.17) is 9.57 Å². The highest BCUT2D eigenvalue weighted by molar-refractivity contribution is 4.52. The van der Waals surface area contributed by atoms with Gasteiger partial charge in [-0.2, -0.15) is 0 Å². The average Bonchev–Trinajstić information content (AvgIpc) is 1.94. The van der Waals surface area contributed by atoms with E-state index >= 15 is 0 Å². The standard InChI is InChI=1S/C8H17NO2/c1-9-11-8-6-4-2-3-5-7-10-8/h8-9H,2-7H2,1H3. The zero-order chi connectivity index (χ0) is 7.94. The molecular formula is C8H17NO2. The van der Waals surface area contributed by atoms with Gasteiger partial charge in [0.1, 0.15) is 0 Å². The van der Waals surface area contributed by atoms with E-state index in [9.17, 15) is 0 Å². The summed E-state index contributed by atoms with van der Waals surface area (Å²) >= 11 is 0. The molecule has 0 aliphatic carbocycles. The molecule has 1 atom stereocenters. The van der Waals surface area contributed by atoms with Crippen LogP contribution in [0.4, 0.5) is 0 Å². The Hall–Kier alpha value is -0.120. The maximum atomic E-state index is 5.44. The molecule has 0 radical (unpaired) electrons. The molecule has 11 heavy (non-hydrogen) atoms. The second-order valence-corrected chi connectivity index (χ2v) is 2.83. The van der Waals surface area contributed by atoms with Gasteiger partial charge in [-0.05, 0) is 12.8 Å². The largest absolute Gasteiger partial charge is 0.351 e. The van der Waals surface area contributed by atoms with Gasteiger partial charge in [-0.3, -0.25) is 4.84 Å². The molecular weight excluding hydrogens is 142 g/mol. The Bertz CT molecular complexity index is 90.1. The quantitative estimate of drug-likeness (QED) is 0.618. The summed E-state index contributed by atoms with van der Waals surface area (Å²) in [6.07, 6.45) is 5.98. The molecule has 3 nitrogen and oxygen atoms in total. The van der Waals surface area contributed by atoms with Gasteiger partial charge in [0.05, 0.1) is 0 Å². The predicted molar refractivity (Wildman–Crippen MR) is 43.0 cm³/mol. The van der Waals surface area contributed by atoms with E-state index in [1.807, 2.05) is 0 Å². The van der Waals surface area contributed by atoms with Crippen LogP contribution in [0.2, 0.25) is 0 Å². The number of ether oxygens (including phenoxy) is 1. The molecule has 1 rings (SSSR count). The van der Waals surface area contributed by atoms with Crippen LogP contribution in [-0.2, 0) is 9.57 Å². The molecule has 0 saturated carbocycles. The first-order valence-electron chi connectivity index (χ1n) is 4.37. The zero-order valence-corrected chi connectivity index (χ0v) is 7.14. The maximum absolute atomic E-state index is 5.44. The van der Waals surface area contributed by atoms with E-state index in [-0.39, 0.29) is 6.29 Å². The van der Waals surface area contributed by atoms with Gasteiger partial charge in [0.15, 0.2) is 6.29 Å². The minimum absolute atomic E-state index is 0.0275. The minimum atomic E-state index is -0.0275. The van der Waals surface area contributed by atoms with Crippen molar-refractivity contribution < 1.29 is 9.57 Å². The van der Waals surface area contributed by atoms with Crippen molar-refractivity contribution in [1.82, 2.24) is 5.48 Å². The van der Waals surface area contributed by atoms with Crippen molar-refractivity contribution in [2.45, 2.75) is 38.4 Å². The van der Waals surface area contributed by atoms with Gasteiger partial charge in [-0.25, -0.2) is 5.48 Å². The summed E-state index contributed by atoms with van der Waals surface area (Å²) in [4.78, 5) is 5.15. The van der Waals surface area contributed by atoms with Gasteiger partial charge in [0.25, 0.3) is 0 Å². The van der Waals surface area contributed by atoms with Gasteiger partial charge in [-0.1, -0.05) is 12.8 Å². The van der Waals surface area contributed by atoms with Crippen LogP contribution in [0, 0.1) is 0 Å². The van der Waals surface area contributed by atoms with Crippen molar-refractivity contribution in [3.8, 4) is 0 Å². The van der Waals surface area contributed by atoms with E-state index in [2.05, 4.69) is 5.48 Å². The molecule has 0 bridgehead atoms. The van der Waals surface area contributed by atoms with Crippen molar-refractivity contribution in [2.24, 2.45) is 0 Å². The van der Waals surface area contributed by atoms with Gasteiger partial charge < -0.3 is 4.74 Å². The fraction of sp³-hybridized carbons (Fsp3) is 1.00. The summed E-state index contributed by atoms with van der Waals surface area (Å²) in [5.41, 5.74) is 2.66. The molecule has 66 valence electrons. The number of hydrogen-bond acceptors (Lipinski definition) is 3. The lowest BCUT2D eigenvalue weighted by Crippen LogP contribution is -2.25. The third kappa shape index (κ3) is 3.70. The van der Waals surface area contributed by atoms with Crippen LogP contribution in [-0.4, -0.2) is 19.9 Å². The predicted octanol–water partition coefficient (Wildman–Crippen LogP) is 1.44. The molecule has 3 heteroatoms. The normalized spacial score (nSPS) is 27.5. The lowest BCUT2D eigenvalue weighted by atomic mass is 10.1. The van der Waals surface area contributed by atoms with E-state index in [0.717, 1.165) is 13.0 Å². The van der Waals surface area contributed by atoms with Crippen molar-refractivity contribution >= 4 is 0 Å². The van der Waals surface area contributed by atoms with Crippen LogP contribution in [0.5, 0.6) is 0 Å². The highest BCUT2D eigenvalue weighted by Crippen LogP contribution is 2.13. The summed E-state index contributed by atoms with van der Waals surface area (Å²) in [5.74, 6) is 0. The van der Waals surface area contributed by atoms with Crippen LogP contribution in [0.3, 0.4) is 0 Å². The zero-order valence-electron chi connectivity index (χ0n) is 7.14. The minimum Gasteiger partial charge on any atom is -0.351 e. The number of nitrogens with one attached hydrogen (secondary N) is 1. The Balaban J connectivity index is 2.15. The molecule has 1 fully saturated rings. The smallest absolute Gasteiger partial charge is 0.177 e. The third-order valence-corrected chi connectivity index (χ3v) is 1.89.